The molecule has 2 N–H and O–H groups in total. The number of rotatable bonds is 5. The molecule has 1 fully saturated rings. The van der Waals surface area contributed by atoms with Gasteiger partial charge in [-0.1, -0.05) is 6.92 Å². The van der Waals surface area contributed by atoms with Crippen LogP contribution >= 0.6 is 11.8 Å². The number of carbonyl (C=O) groups excluding carboxylic acids is 2. The Hall–Kier alpha value is -1.44. The van der Waals surface area contributed by atoms with Crippen LogP contribution in [0, 0.1) is 0 Å². The van der Waals surface area contributed by atoms with Gasteiger partial charge in [0.25, 0.3) is 0 Å². The summed E-state index contributed by atoms with van der Waals surface area (Å²) in [5.41, 5.74) is 0. The first-order chi connectivity index (χ1) is 9.01. The quantitative estimate of drug-likeness (QED) is 0.716. The van der Waals surface area contributed by atoms with Gasteiger partial charge in [0.1, 0.15) is 6.04 Å². The van der Waals surface area contributed by atoms with Crippen molar-refractivity contribution in [3.63, 3.8) is 0 Å². The van der Waals surface area contributed by atoms with Crippen molar-refractivity contribution in [1.29, 1.82) is 0 Å². The molecule has 0 saturated carbocycles. The number of nitrogens with zero attached hydrogens (tertiary/aromatic N) is 1. The minimum absolute atomic E-state index is 0.0672. The Labute approximate surface area is 115 Å². The number of carboxylic acid groups (broad SMARTS) is 1. The van der Waals surface area contributed by atoms with Crippen LogP contribution in [0.2, 0.25) is 0 Å². The predicted molar refractivity (Wildman–Crippen MR) is 69.8 cm³/mol. The molecule has 0 radical (unpaired) electrons. The van der Waals surface area contributed by atoms with Gasteiger partial charge >= 0.3 is 18.0 Å². The highest BCUT2D eigenvalue weighted by molar-refractivity contribution is 8.00. The van der Waals surface area contributed by atoms with E-state index in [1.165, 1.54) is 23.8 Å². The monoisotopic (exact) mass is 290 g/mol. The number of aliphatic carboxylic acids is 1. The molecule has 19 heavy (non-hydrogen) atoms. The van der Waals surface area contributed by atoms with Crippen LogP contribution in [-0.4, -0.2) is 58.8 Å². The molecule has 0 aromatic rings. The summed E-state index contributed by atoms with van der Waals surface area (Å²) >= 11 is 1.45. The molecule has 1 heterocycles. The maximum absolute atomic E-state index is 12.0. The predicted octanol–water partition coefficient (Wildman–Crippen LogP) is 0.497. The molecule has 0 aliphatic carbocycles. The number of hydrogen-bond acceptors (Lipinski definition) is 5. The van der Waals surface area contributed by atoms with Gasteiger partial charge in [-0.05, 0) is 6.42 Å². The van der Waals surface area contributed by atoms with Crippen molar-refractivity contribution < 1.29 is 24.2 Å². The first-order valence-electron chi connectivity index (χ1n) is 5.98. The van der Waals surface area contributed by atoms with Crippen molar-refractivity contribution in [3.05, 3.63) is 0 Å². The van der Waals surface area contributed by atoms with Gasteiger partial charge < -0.3 is 15.2 Å². The maximum atomic E-state index is 12.0. The third kappa shape index (κ3) is 4.02. The summed E-state index contributed by atoms with van der Waals surface area (Å²) in [5.74, 6) is -1.04. The van der Waals surface area contributed by atoms with E-state index in [2.05, 4.69) is 10.1 Å². The first kappa shape index (κ1) is 15.6. The largest absolute Gasteiger partial charge is 0.480 e. The molecule has 1 aliphatic rings. The molecule has 2 unspecified atom stereocenters. The normalized spacial score (nSPS) is 22.1. The van der Waals surface area contributed by atoms with E-state index in [0.717, 1.165) is 0 Å². The second-order valence-corrected chi connectivity index (χ2v) is 5.23. The molecule has 1 aliphatic heterocycles. The number of hydrogen-bond donors (Lipinski definition) is 2. The number of carbonyl (C=O) groups is 3. The fourth-order valence-electron chi connectivity index (χ4n) is 1.81. The number of urea groups is 1. The molecule has 0 bridgehead atoms. The Balaban J connectivity index is 2.56. The van der Waals surface area contributed by atoms with Gasteiger partial charge in [0.05, 0.1) is 18.9 Å². The summed E-state index contributed by atoms with van der Waals surface area (Å²) in [6.45, 7) is 2.03. The van der Waals surface area contributed by atoms with Crippen LogP contribution < -0.4 is 5.32 Å². The lowest BCUT2D eigenvalue weighted by Crippen LogP contribution is -2.50. The van der Waals surface area contributed by atoms with Crippen molar-refractivity contribution in [1.82, 2.24) is 10.2 Å². The zero-order chi connectivity index (χ0) is 14.4. The molecule has 0 aromatic heterocycles. The van der Waals surface area contributed by atoms with Crippen molar-refractivity contribution >= 4 is 29.7 Å². The number of esters is 1. The molecule has 8 heteroatoms. The van der Waals surface area contributed by atoms with Gasteiger partial charge in [0.2, 0.25) is 0 Å². The summed E-state index contributed by atoms with van der Waals surface area (Å²) in [5, 5.41) is 11.5. The Bertz CT molecular complexity index is 363. The van der Waals surface area contributed by atoms with Gasteiger partial charge in [-0.3, -0.25) is 9.69 Å². The van der Waals surface area contributed by atoms with Crippen LogP contribution in [0.25, 0.3) is 0 Å². The topological polar surface area (TPSA) is 95.9 Å². The highest BCUT2D eigenvalue weighted by atomic mass is 32.2. The number of nitrogens with one attached hydrogen (secondary N) is 1. The number of amides is 2. The fraction of sp³-hybridized carbons (Fsp3) is 0.727. The maximum Gasteiger partial charge on any atom is 0.327 e. The molecule has 1 saturated heterocycles. The summed E-state index contributed by atoms with van der Waals surface area (Å²) < 4.78 is 4.46. The minimum atomic E-state index is -1.01. The van der Waals surface area contributed by atoms with Gasteiger partial charge in [-0.25, -0.2) is 9.59 Å². The molecule has 108 valence electrons. The van der Waals surface area contributed by atoms with E-state index in [9.17, 15) is 14.4 Å². The molecular formula is C11H18N2O5S. The van der Waals surface area contributed by atoms with Crippen molar-refractivity contribution in [3.8, 4) is 0 Å². The zero-order valence-electron chi connectivity index (χ0n) is 10.9. The number of carboxylic acids is 1. The summed E-state index contributed by atoms with van der Waals surface area (Å²) in [6, 6.07) is -1.26. The van der Waals surface area contributed by atoms with E-state index in [1.807, 2.05) is 6.92 Å². The molecule has 0 spiro atoms. The Morgan fingerprint density at radius 2 is 2.16 bits per heavy atom. The average molecular weight is 290 g/mol. The van der Waals surface area contributed by atoms with Crippen molar-refractivity contribution in [2.24, 2.45) is 0 Å². The Morgan fingerprint density at radius 3 is 2.68 bits per heavy atom. The SMILES string of the molecule is CCC1SCC(C(=O)O)N1C(=O)NCCC(=O)OC. The Morgan fingerprint density at radius 1 is 1.47 bits per heavy atom. The van der Waals surface area contributed by atoms with Crippen LogP contribution in [0.3, 0.4) is 0 Å². The van der Waals surface area contributed by atoms with Gasteiger partial charge in [0, 0.05) is 12.3 Å². The van der Waals surface area contributed by atoms with Crippen LogP contribution in [-0.2, 0) is 14.3 Å². The van der Waals surface area contributed by atoms with Crippen LogP contribution in [0.5, 0.6) is 0 Å². The van der Waals surface area contributed by atoms with E-state index in [1.54, 1.807) is 0 Å². The van der Waals surface area contributed by atoms with Gasteiger partial charge in [-0.2, -0.15) is 0 Å². The number of methoxy groups -OCH3 is 1. The third-order valence-electron chi connectivity index (χ3n) is 2.79. The lowest BCUT2D eigenvalue weighted by atomic mass is 10.3. The second-order valence-electron chi connectivity index (χ2n) is 4.02. The van der Waals surface area contributed by atoms with Crippen molar-refractivity contribution in [2.45, 2.75) is 31.2 Å². The summed E-state index contributed by atoms with van der Waals surface area (Å²) in [6.07, 6.45) is 0.747. The van der Waals surface area contributed by atoms with E-state index >= 15 is 0 Å². The number of ether oxygens (including phenoxy) is 1. The van der Waals surface area contributed by atoms with Gasteiger partial charge in [0.15, 0.2) is 0 Å². The van der Waals surface area contributed by atoms with E-state index in [-0.39, 0.29) is 18.3 Å². The molecular weight excluding hydrogens is 272 g/mol. The third-order valence-corrected chi connectivity index (χ3v) is 4.25. The van der Waals surface area contributed by atoms with Crippen LogP contribution in [0.4, 0.5) is 4.79 Å². The highest BCUT2D eigenvalue weighted by Gasteiger charge is 2.40. The van der Waals surface area contributed by atoms with E-state index in [4.69, 9.17) is 5.11 Å². The zero-order valence-corrected chi connectivity index (χ0v) is 11.7. The second kappa shape index (κ2) is 7.22. The van der Waals surface area contributed by atoms with E-state index < -0.39 is 24.0 Å². The van der Waals surface area contributed by atoms with Crippen LogP contribution in [0.1, 0.15) is 19.8 Å². The summed E-state index contributed by atoms with van der Waals surface area (Å²) in [7, 11) is 1.27. The molecule has 0 aromatic carbocycles. The average Bonchev–Trinajstić information content (AvgIpc) is 2.82. The lowest BCUT2D eigenvalue weighted by Gasteiger charge is -2.26. The van der Waals surface area contributed by atoms with E-state index in [0.29, 0.717) is 12.2 Å². The molecule has 1 rings (SSSR count). The minimum Gasteiger partial charge on any atom is -0.480 e. The van der Waals surface area contributed by atoms with Gasteiger partial charge in [-0.15, -0.1) is 11.8 Å². The lowest BCUT2D eigenvalue weighted by molar-refractivity contribution is -0.142. The van der Waals surface area contributed by atoms with Crippen LogP contribution in [0.15, 0.2) is 0 Å². The van der Waals surface area contributed by atoms with Crippen molar-refractivity contribution in [2.75, 3.05) is 19.4 Å². The fourth-order valence-corrected chi connectivity index (χ4v) is 3.15. The Kier molecular flexibility index (Phi) is 5.94. The highest BCUT2D eigenvalue weighted by Crippen LogP contribution is 2.31. The molecule has 7 nitrogen and oxygen atoms in total. The smallest absolute Gasteiger partial charge is 0.327 e. The molecule has 2 amide bonds. The summed E-state index contributed by atoms with van der Waals surface area (Å²) in [4.78, 5) is 35.3. The number of thioether (sulfide) groups is 1. The molecule has 2 atom stereocenters. The standard InChI is InChI=1S/C11H18N2O5S/c1-3-8-13(7(6-19-8)10(15)16)11(17)12-5-4-9(14)18-2/h7-8H,3-6H2,1-2H3,(H,12,17)(H,15,16). The first-order valence-corrected chi connectivity index (χ1v) is 7.03.